The largest absolute Gasteiger partial charge is 0.469 e. The second-order valence-electron chi connectivity index (χ2n) is 14.2. The Labute approximate surface area is 273 Å². The number of carbonyl (C=O) groups excluding carboxylic acids is 4. The topological polar surface area (TPSA) is 133 Å². The first kappa shape index (κ1) is 33.8. The Morgan fingerprint density at radius 1 is 1.07 bits per heavy atom. The Balaban J connectivity index is 1.37. The Morgan fingerprint density at radius 3 is 2.27 bits per heavy atom. The van der Waals surface area contributed by atoms with Crippen molar-refractivity contribution in [3.05, 3.63) is 41.4 Å². The van der Waals surface area contributed by atoms with Gasteiger partial charge in [0.05, 0.1) is 41.9 Å². The number of ketones is 1. The molecule has 3 aliphatic carbocycles. The average Bonchev–Trinajstić information content (AvgIpc) is 3.78. The summed E-state index contributed by atoms with van der Waals surface area (Å²) in [6.45, 7) is 9.14. The number of Topliss-reactive ketones (excluding diaryl/α,β-unsaturated/α-hetero) is 1. The van der Waals surface area contributed by atoms with Crippen molar-refractivity contribution in [3.63, 3.8) is 0 Å². The van der Waals surface area contributed by atoms with Crippen molar-refractivity contribution in [3.8, 4) is 0 Å². The summed E-state index contributed by atoms with van der Waals surface area (Å²) in [7, 11) is -2.96. The highest BCUT2D eigenvalue weighted by atomic mass is 79.9. The Kier molecular flexibility index (Phi) is 9.43. The number of nitrogens with zero attached hydrogens (tertiary/aromatic N) is 1. The third kappa shape index (κ3) is 7.22. The monoisotopic (exact) mass is 707 g/mol. The Hall–Kier alpha value is -2.57. The first-order valence-electron chi connectivity index (χ1n) is 15.5. The highest BCUT2D eigenvalue weighted by Gasteiger charge is 2.61. The van der Waals surface area contributed by atoms with E-state index in [-0.39, 0.29) is 42.7 Å². The van der Waals surface area contributed by atoms with Crippen molar-refractivity contribution in [1.82, 2.24) is 4.90 Å². The summed E-state index contributed by atoms with van der Waals surface area (Å²) in [5.41, 5.74) is -1.75. The summed E-state index contributed by atoms with van der Waals surface area (Å²) in [6, 6.07) is 4.90. The third-order valence-electron chi connectivity index (χ3n) is 10.00. The second kappa shape index (κ2) is 12.6. The Morgan fingerprint density at radius 2 is 1.71 bits per heavy atom. The molecule has 1 aromatic carbocycles. The number of halogens is 1. The van der Waals surface area contributed by atoms with E-state index in [1.807, 2.05) is 20.8 Å². The summed E-state index contributed by atoms with van der Waals surface area (Å²) in [5.74, 6) is -1.66. The molecule has 3 saturated carbocycles. The van der Waals surface area contributed by atoms with Gasteiger partial charge in [0.25, 0.3) is 10.1 Å². The van der Waals surface area contributed by atoms with Crippen molar-refractivity contribution in [2.24, 2.45) is 34.5 Å². The summed E-state index contributed by atoms with van der Waals surface area (Å²) < 4.78 is 43.4. The predicted molar refractivity (Wildman–Crippen MR) is 167 cm³/mol. The number of benzene rings is 1. The van der Waals surface area contributed by atoms with Crippen LogP contribution in [-0.2, 0) is 43.0 Å². The van der Waals surface area contributed by atoms with Gasteiger partial charge < -0.3 is 14.4 Å². The van der Waals surface area contributed by atoms with Crippen LogP contribution in [-0.4, -0.2) is 68.9 Å². The number of likely N-dealkylation sites (tertiary alicyclic amines) is 1. The molecule has 1 amide bonds. The van der Waals surface area contributed by atoms with Gasteiger partial charge in [0.1, 0.15) is 6.10 Å². The smallest absolute Gasteiger partial charge is 0.312 e. The van der Waals surface area contributed by atoms with Crippen LogP contribution >= 0.6 is 15.9 Å². The molecular formula is C33H42BrNO9S. The van der Waals surface area contributed by atoms with E-state index in [0.29, 0.717) is 22.7 Å². The van der Waals surface area contributed by atoms with Crippen LogP contribution in [0.4, 0.5) is 0 Å². The zero-order valence-corrected chi connectivity index (χ0v) is 28.6. The van der Waals surface area contributed by atoms with Crippen LogP contribution in [0, 0.1) is 34.5 Å². The van der Waals surface area contributed by atoms with E-state index in [2.05, 4.69) is 22.5 Å². The van der Waals surface area contributed by atoms with Crippen molar-refractivity contribution < 1.29 is 41.3 Å². The number of ether oxygens (including phenoxy) is 2. The maximum Gasteiger partial charge on any atom is 0.312 e. The molecule has 5 rings (SSSR count). The molecule has 8 atom stereocenters. The molecule has 246 valence electrons. The molecule has 0 spiro atoms. The minimum absolute atomic E-state index is 0.0605. The predicted octanol–water partition coefficient (Wildman–Crippen LogP) is 4.84. The van der Waals surface area contributed by atoms with Crippen molar-refractivity contribution >= 4 is 49.7 Å². The number of carbonyl (C=O) groups is 4. The van der Waals surface area contributed by atoms with Crippen LogP contribution in [0.25, 0.3) is 0 Å². The van der Waals surface area contributed by atoms with Gasteiger partial charge in [0, 0.05) is 23.9 Å². The van der Waals surface area contributed by atoms with Crippen LogP contribution in [0.2, 0.25) is 0 Å². The molecule has 1 heterocycles. The first-order valence-corrected chi connectivity index (χ1v) is 17.7. The maximum atomic E-state index is 14.3. The number of esters is 2. The molecule has 45 heavy (non-hydrogen) atoms. The van der Waals surface area contributed by atoms with Gasteiger partial charge in [-0.05, 0) is 73.1 Å². The SMILES string of the molecule is C=C[C@@H]1C[C@]1(CC(=O)[C@@H]1C[C@H](OS(=O)(=O)c2ccc(Br)cc2)CN1C(=O)[C@@H](CC(=O)OC1CC2C[C@H]2C1)C(C)(C)C)C(=O)OC. The average molecular weight is 709 g/mol. The fourth-order valence-corrected chi connectivity index (χ4v) is 8.50. The van der Waals surface area contributed by atoms with Crippen molar-refractivity contribution in [1.29, 1.82) is 0 Å². The standard InChI is InChI=1S/C33H42BrNO9S/c1-6-21-16-33(21,31(39)42-5)17-28(36)27-14-24(44-45(40,41)25-9-7-22(34)8-10-25)18-35(27)30(38)26(32(2,3)4)15-29(37)43-23-12-19-11-20(19)13-23/h6-10,19-21,23-24,26-27H,1,11-18H2,2-5H3/t19-,20?,21+,23?,24-,26+,27-,33+/m0/s1. The fourth-order valence-electron chi connectivity index (χ4n) is 7.16. The van der Waals surface area contributed by atoms with Gasteiger partial charge >= 0.3 is 11.9 Å². The zero-order valence-electron chi connectivity index (χ0n) is 26.2. The molecular weight excluding hydrogens is 666 g/mol. The van der Waals surface area contributed by atoms with E-state index >= 15 is 0 Å². The van der Waals surface area contributed by atoms with Crippen LogP contribution in [0.1, 0.15) is 65.7 Å². The molecule has 10 nitrogen and oxygen atoms in total. The normalized spacial score (nSPS) is 31.1. The van der Waals surface area contributed by atoms with E-state index in [1.165, 1.54) is 30.6 Å². The number of amides is 1. The van der Waals surface area contributed by atoms with Crippen LogP contribution in [0.15, 0.2) is 46.3 Å². The molecule has 4 fully saturated rings. The highest BCUT2D eigenvalue weighted by molar-refractivity contribution is 9.10. The molecule has 4 aliphatic rings. The van der Waals surface area contributed by atoms with Gasteiger partial charge in [-0.3, -0.25) is 23.4 Å². The summed E-state index contributed by atoms with van der Waals surface area (Å²) in [5, 5.41) is 0. The fraction of sp³-hybridized carbons (Fsp3) is 0.636. The van der Waals surface area contributed by atoms with E-state index in [1.54, 1.807) is 18.2 Å². The van der Waals surface area contributed by atoms with E-state index in [4.69, 9.17) is 13.7 Å². The third-order valence-corrected chi connectivity index (χ3v) is 11.9. The molecule has 0 N–H and O–H groups in total. The lowest BCUT2D eigenvalue weighted by Crippen LogP contribution is -2.48. The lowest BCUT2D eigenvalue weighted by Gasteiger charge is -2.35. The number of hydrogen-bond donors (Lipinski definition) is 0. The van der Waals surface area contributed by atoms with Crippen molar-refractivity contribution in [2.45, 2.75) is 88.9 Å². The lowest BCUT2D eigenvalue weighted by atomic mass is 9.77. The van der Waals surface area contributed by atoms with Crippen molar-refractivity contribution in [2.75, 3.05) is 13.7 Å². The minimum Gasteiger partial charge on any atom is -0.469 e. The van der Waals surface area contributed by atoms with Gasteiger partial charge in [-0.15, -0.1) is 6.58 Å². The Bertz CT molecular complexity index is 1460. The molecule has 1 aromatic rings. The molecule has 0 radical (unpaired) electrons. The number of allylic oxidation sites excluding steroid dienone is 1. The lowest BCUT2D eigenvalue weighted by molar-refractivity contribution is -0.157. The van der Waals surface area contributed by atoms with Gasteiger partial charge in [-0.25, -0.2) is 0 Å². The molecule has 2 unspecified atom stereocenters. The van der Waals surface area contributed by atoms with E-state index in [9.17, 15) is 27.6 Å². The minimum atomic E-state index is -4.23. The number of hydrogen-bond acceptors (Lipinski definition) is 9. The first-order chi connectivity index (χ1) is 21.1. The quantitative estimate of drug-likeness (QED) is 0.170. The molecule has 12 heteroatoms. The van der Waals surface area contributed by atoms with Gasteiger partial charge in [-0.1, -0.05) is 42.8 Å². The van der Waals surface area contributed by atoms with E-state index in [0.717, 1.165) is 12.8 Å². The number of fused-ring (bicyclic) bond motifs is 1. The van der Waals surface area contributed by atoms with Crippen LogP contribution in [0.3, 0.4) is 0 Å². The summed E-state index contributed by atoms with van der Waals surface area (Å²) in [6.07, 6.45) is 3.32. The molecule has 0 bridgehead atoms. The molecule has 1 saturated heterocycles. The molecule has 1 aliphatic heterocycles. The second-order valence-corrected chi connectivity index (χ2v) is 16.7. The van der Waals surface area contributed by atoms with E-state index < -0.39 is 62.6 Å². The maximum absolute atomic E-state index is 14.3. The summed E-state index contributed by atoms with van der Waals surface area (Å²) in [4.78, 5) is 55.3. The molecule has 0 aromatic heterocycles. The van der Waals surface area contributed by atoms with Crippen LogP contribution in [0.5, 0.6) is 0 Å². The summed E-state index contributed by atoms with van der Waals surface area (Å²) >= 11 is 3.29. The van der Waals surface area contributed by atoms with Crippen LogP contribution < -0.4 is 0 Å². The van der Waals surface area contributed by atoms with Gasteiger partial charge in [0.2, 0.25) is 5.91 Å². The van der Waals surface area contributed by atoms with Gasteiger partial charge in [-0.2, -0.15) is 8.42 Å². The number of rotatable bonds is 12. The van der Waals surface area contributed by atoms with Gasteiger partial charge in [0.15, 0.2) is 5.78 Å². The highest BCUT2D eigenvalue weighted by Crippen LogP contribution is 2.57. The number of methoxy groups -OCH3 is 1. The zero-order chi connectivity index (χ0) is 32.9.